The fourth-order valence-corrected chi connectivity index (χ4v) is 2.25. The highest BCUT2D eigenvalue weighted by Crippen LogP contribution is 2.19. The first kappa shape index (κ1) is 16.5. The number of hydrogen-bond donors (Lipinski definition) is 1. The molecule has 3 heteroatoms. The number of nitrogens with zero attached hydrogens (tertiary/aromatic N) is 1. The lowest BCUT2D eigenvalue weighted by Crippen LogP contribution is -2.25. The number of unbranched alkanes of at least 4 members (excludes halogenated alkanes) is 3. The van der Waals surface area contributed by atoms with Crippen LogP contribution in [0.15, 0.2) is 18.2 Å². The molecule has 20 heavy (non-hydrogen) atoms. The minimum absolute atomic E-state index is 0.488. The lowest BCUT2D eigenvalue weighted by atomic mass is 10.1. The van der Waals surface area contributed by atoms with Gasteiger partial charge in [0.25, 0.3) is 0 Å². The Bertz CT molecular complexity index is 437. The molecule has 0 fully saturated rings. The van der Waals surface area contributed by atoms with E-state index in [-0.39, 0.29) is 0 Å². The lowest BCUT2D eigenvalue weighted by Gasteiger charge is -2.15. The van der Waals surface area contributed by atoms with Crippen LogP contribution in [0.25, 0.3) is 0 Å². The summed E-state index contributed by atoms with van der Waals surface area (Å²) >= 11 is 0. The summed E-state index contributed by atoms with van der Waals surface area (Å²) in [5, 5.41) is 12.5. The summed E-state index contributed by atoms with van der Waals surface area (Å²) in [5.74, 6) is 0.842. The molecule has 0 amide bonds. The Kier molecular flexibility index (Phi) is 7.75. The molecule has 0 aliphatic rings. The van der Waals surface area contributed by atoms with Crippen LogP contribution in [0.2, 0.25) is 0 Å². The third kappa shape index (κ3) is 5.63. The molecule has 0 bridgehead atoms. The van der Waals surface area contributed by atoms with Crippen molar-refractivity contribution in [1.82, 2.24) is 5.32 Å². The molecule has 0 saturated carbocycles. The van der Waals surface area contributed by atoms with E-state index in [1.807, 2.05) is 12.1 Å². The smallest absolute Gasteiger partial charge is 0.123 e. The number of nitriles is 1. The largest absolute Gasteiger partial charge is 0.496 e. The molecular weight excluding hydrogens is 248 g/mol. The fraction of sp³-hybridized carbons (Fsp3) is 0.588. The van der Waals surface area contributed by atoms with Crippen LogP contribution in [0.3, 0.4) is 0 Å². The van der Waals surface area contributed by atoms with Crippen molar-refractivity contribution in [3.63, 3.8) is 0 Å². The van der Waals surface area contributed by atoms with Crippen LogP contribution in [0.1, 0.15) is 57.1 Å². The van der Waals surface area contributed by atoms with Crippen LogP contribution in [-0.2, 0) is 6.54 Å². The van der Waals surface area contributed by atoms with Crippen molar-refractivity contribution in [3.8, 4) is 11.8 Å². The predicted octanol–water partition coefficient (Wildman–Crippen LogP) is 4.02. The van der Waals surface area contributed by atoms with Gasteiger partial charge in [0, 0.05) is 18.2 Å². The van der Waals surface area contributed by atoms with Gasteiger partial charge in [-0.25, -0.2) is 0 Å². The Labute approximate surface area is 123 Å². The molecule has 0 aliphatic carbocycles. The van der Waals surface area contributed by atoms with Crippen LogP contribution in [0.4, 0.5) is 0 Å². The van der Waals surface area contributed by atoms with Crippen LogP contribution >= 0.6 is 0 Å². The monoisotopic (exact) mass is 274 g/mol. The molecular formula is C17H26N2O. The van der Waals surface area contributed by atoms with Gasteiger partial charge in [0.05, 0.1) is 18.7 Å². The zero-order valence-corrected chi connectivity index (χ0v) is 12.9. The van der Waals surface area contributed by atoms with Crippen LogP contribution < -0.4 is 10.1 Å². The van der Waals surface area contributed by atoms with E-state index in [9.17, 15) is 0 Å². The number of hydrogen-bond acceptors (Lipinski definition) is 3. The highest BCUT2D eigenvalue weighted by Gasteiger charge is 2.07. The molecule has 1 unspecified atom stereocenters. The number of nitrogens with one attached hydrogen (secondary N) is 1. The van der Waals surface area contributed by atoms with E-state index < -0.39 is 0 Å². The van der Waals surface area contributed by atoms with Gasteiger partial charge < -0.3 is 10.1 Å². The van der Waals surface area contributed by atoms with Gasteiger partial charge in [-0.05, 0) is 31.5 Å². The van der Waals surface area contributed by atoms with Crippen molar-refractivity contribution in [2.24, 2.45) is 0 Å². The molecule has 1 aromatic carbocycles. The first-order valence-corrected chi connectivity index (χ1v) is 7.51. The number of ether oxygens (including phenoxy) is 1. The van der Waals surface area contributed by atoms with Gasteiger partial charge in [0.1, 0.15) is 5.75 Å². The van der Waals surface area contributed by atoms with E-state index in [2.05, 4.69) is 25.2 Å². The van der Waals surface area contributed by atoms with Gasteiger partial charge in [-0.3, -0.25) is 0 Å². The van der Waals surface area contributed by atoms with Gasteiger partial charge in [-0.1, -0.05) is 32.6 Å². The summed E-state index contributed by atoms with van der Waals surface area (Å²) < 4.78 is 5.34. The SMILES string of the molecule is CCCCCCC(C)NCc1cc(C#N)ccc1OC. The molecule has 3 nitrogen and oxygen atoms in total. The third-order valence-electron chi connectivity index (χ3n) is 3.54. The summed E-state index contributed by atoms with van der Waals surface area (Å²) in [4.78, 5) is 0. The van der Waals surface area contributed by atoms with Crippen molar-refractivity contribution in [1.29, 1.82) is 5.26 Å². The molecule has 1 rings (SSSR count). The minimum atomic E-state index is 0.488. The third-order valence-corrected chi connectivity index (χ3v) is 3.54. The first-order valence-electron chi connectivity index (χ1n) is 7.51. The fourth-order valence-electron chi connectivity index (χ4n) is 2.25. The second kappa shape index (κ2) is 9.39. The lowest BCUT2D eigenvalue weighted by molar-refractivity contribution is 0.403. The number of benzene rings is 1. The molecule has 1 N–H and O–H groups in total. The quantitative estimate of drug-likeness (QED) is 0.692. The average Bonchev–Trinajstić information content (AvgIpc) is 2.49. The van der Waals surface area contributed by atoms with Crippen LogP contribution in [0.5, 0.6) is 5.75 Å². The number of rotatable bonds is 9. The molecule has 0 aromatic heterocycles. The Morgan fingerprint density at radius 3 is 2.75 bits per heavy atom. The summed E-state index contributed by atoms with van der Waals surface area (Å²) in [7, 11) is 1.67. The molecule has 110 valence electrons. The molecule has 0 aliphatic heterocycles. The Morgan fingerprint density at radius 2 is 2.10 bits per heavy atom. The van der Waals surface area contributed by atoms with Gasteiger partial charge >= 0.3 is 0 Å². The van der Waals surface area contributed by atoms with E-state index in [0.717, 1.165) is 17.9 Å². The zero-order chi connectivity index (χ0) is 14.8. The molecule has 0 heterocycles. The summed E-state index contributed by atoms with van der Waals surface area (Å²) in [6, 6.07) is 8.21. The van der Waals surface area contributed by atoms with Crippen LogP contribution in [-0.4, -0.2) is 13.2 Å². The second-order valence-corrected chi connectivity index (χ2v) is 5.27. The summed E-state index contributed by atoms with van der Waals surface area (Å²) in [6.07, 6.45) is 6.39. The summed E-state index contributed by atoms with van der Waals surface area (Å²) in [5.41, 5.74) is 1.73. The van der Waals surface area contributed by atoms with Crippen molar-refractivity contribution in [3.05, 3.63) is 29.3 Å². The molecule has 0 saturated heterocycles. The predicted molar refractivity (Wildman–Crippen MR) is 82.8 cm³/mol. The van der Waals surface area contributed by atoms with E-state index >= 15 is 0 Å². The molecule has 1 aromatic rings. The maximum atomic E-state index is 8.96. The van der Waals surface area contributed by atoms with E-state index in [4.69, 9.17) is 10.00 Å². The standard InChI is InChI=1S/C17H26N2O/c1-4-5-6-7-8-14(2)19-13-16-11-15(12-18)9-10-17(16)20-3/h9-11,14,19H,4-8,13H2,1-3H3. The molecule has 0 spiro atoms. The average molecular weight is 274 g/mol. The van der Waals surface area contributed by atoms with Crippen molar-refractivity contribution in [2.45, 2.75) is 58.5 Å². The maximum Gasteiger partial charge on any atom is 0.123 e. The van der Waals surface area contributed by atoms with Crippen molar-refractivity contribution < 1.29 is 4.74 Å². The highest BCUT2D eigenvalue weighted by molar-refractivity contribution is 5.41. The number of methoxy groups -OCH3 is 1. The summed E-state index contributed by atoms with van der Waals surface area (Å²) in [6.45, 7) is 5.19. The van der Waals surface area contributed by atoms with Gasteiger partial charge in [0.15, 0.2) is 0 Å². The second-order valence-electron chi connectivity index (χ2n) is 5.27. The van der Waals surface area contributed by atoms with Crippen LogP contribution in [0, 0.1) is 11.3 Å². The Morgan fingerprint density at radius 1 is 1.30 bits per heavy atom. The highest BCUT2D eigenvalue weighted by atomic mass is 16.5. The van der Waals surface area contributed by atoms with Gasteiger partial charge in [-0.2, -0.15) is 5.26 Å². The minimum Gasteiger partial charge on any atom is -0.496 e. The topological polar surface area (TPSA) is 45.0 Å². The van der Waals surface area contributed by atoms with Crippen molar-refractivity contribution in [2.75, 3.05) is 7.11 Å². The molecule has 1 atom stereocenters. The first-order chi connectivity index (χ1) is 9.71. The zero-order valence-electron chi connectivity index (χ0n) is 12.9. The Hall–Kier alpha value is -1.53. The maximum absolute atomic E-state index is 8.96. The van der Waals surface area contributed by atoms with Gasteiger partial charge in [-0.15, -0.1) is 0 Å². The Balaban J connectivity index is 2.46. The molecule has 0 radical (unpaired) electrons. The normalized spacial score (nSPS) is 11.9. The van der Waals surface area contributed by atoms with E-state index in [1.165, 1.54) is 32.1 Å². The van der Waals surface area contributed by atoms with Crippen molar-refractivity contribution >= 4 is 0 Å². The van der Waals surface area contributed by atoms with E-state index in [1.54, 1.807) is 13.2 Å². The van der Waals surface area contributed by atoms with E-state index in [0.29, 0.717) is 11.6 Å². The van der Waals surface area contributed by atoms with Gasteiger partial charge in [0.2, 0.25) is 0 Å².